The van der Waals surface area contributed by atoms with Gasteiger partial charge in [0.15, 0.2) is 0 Å². The number of hydrogen-bond acceptors (Lipinski definition) is 2. The van der Waals surface area contributed by atoms with Gasteiger partial charge in [0, 0.05) is 13.2 Å². The van der Waals surface area contributed by atoms with Crippen molar-refractivity contribution in [3.8, 4) is 0 Å². The molecule has 2 N–H and O–H groups in total. The Morgan fingerprint density at radius 3 is 2.67 bits per heavy atom. The predicted octanol–water partition coefficient (Wildman–Crippen LogP) is 1.78. The molecule has 1 aromatic rings. The molecule has 2 nitrogen and oxygen atoms in total. The molecule has 0 heterocycles. The van der Waals surface area contributed by atoms with Crippen molar-refractivity contribution in [2.75, 3.05) is 7.11 Å². The maximum absolute atomic E-state index is 5.93. The lowest BCUT2D eigenvalue weighted by Crippen LogP contribution is -2.05. The minimum absolute atomic E-state index is 0.158. The summed E-state index contributed by atoms with van der Waals surface area (Å²) in [5.74, 6) is 0. The highest BCUT2D eigenvalue weighted by Gasteiger charge is 2.27. The summed E-state index contributed by atoms with van der Waals surface area (Å²) in [6.45, 7) is 0. The van der Waals surface area contributed by atoms with E-state index in [0.29, 0.717) is 0 Å². The van der Waals surface area contributed by atoms with Crippen LogP contribution in [0.5, 0.6) is 0 Å². The van der Waals surface area contributed by atoms with Crippen LogP contribution in [0.1, 0.15) is 29.7 Å². The number of hydrogen-bond donors (Lipinski definition) is 1. The topological polar surface area (TPSA) is 35.2 Å². The molecule has 0 bridgehead atoms. The van der Waals surface area contributed by atoms with Crippen molar-refractivity contribution in [2.45, 2.75) is 18.6 Å². The van der Waals surface area contributed by atoms with E-state index in [1.54, 1.807) is 7.11 Å². The van der Waals surface area contributed by atoms with Crippen LogP contribution in [0.3, 0.4) is 0 Å². The lowest BCUT2D eigenvalue weighted by atomic mass is 10.1. The molecule has 0 unspecified atom stereocenters. The largest absolute Gasteiger partial charge is 0.377 e. The summed E-state index contributed by atoms with van der Waals surface area (Å²) < 4.78 is 5.33. The molecule has 0 saturated heterocycles. The molecule has 0 fully saturated rings. The Morgan fingerprint density at radius 2 is 2.00 bits per heavy atom. The third-order valence-corrected chi connectivity index (χ3v) is 2.49. The van der Waals surface area contributed by atoms with Crippen molar-refractivity contribution in [2.24, 2.45) is 5.73 Å². The molecular formula is C10H13NO. The van der Waals surface area contributed by atoms with Crippen LogP contribution in [0.15, 0.2) is 24.3 Å². The average molecular weight is 163 g/mol. The van der Waals surface area contributed by atoms with Crippen LogP contribution < -0.4 is 5.73 Å². The highest BCUT2D eigenvalue weighted by molar-refractivity contribution is 5.36. The minimum Gasteiger partial charge on any atom is -0.377 e. The summed E-state index contributed by atoms with van der Waals surface area (Å²) in [6.07, 6.45) is 1.12. The van der Waals surface area contributed by atoms with E-state index in [0.717, 1.165) is 6.42 Å². The third kappa shape index (κ3) is 1.04. The number of methoxy groups -OCH3 is 1. The Morgan fingerprint density at radius 1 is 1.33 bits per heavy atom. The van der Waals surface area contributed by atoms with E-state index in [4.69, 9.17) is 10.5 Å². The molecule has 2 heteroatoms. The lowest BCUT2D eigenvalue weighted by Gasteiger charge is -2.07. The fourth-order valence-electron chi connectivity index (χ4n) is 1.85. The van der Waals surface area contributed by atoms with E-state index in [9.17, 15) is 0 Å². The molecule has 1 aliphatic carbocycles. The number of rotatable bonds is 1. The van der Waals surface area contributed by atoms with Gasteiger partial charge in [-0.1, -0.05) is 24.3 Å². The van der Waals surface area contributed by atoms with Crippen LogP contribution in [0.2, 0.25) is 0 Å². The highest BCUT2D eigenvalue weighted by atomic mass is 16.5. The summed E-state index contributed by atoms with van der Waals surface area (Å²) in [5, 5.41) is 0. The summed E-state index contributed by atoms with van der Waals surface area (Å²) in [6, 6.07) is 8.39. The standard InChI is InChI=1S/C10H13NO/c1-12-10-6-9(11)7-4-2-3-5-8(7)10/h2-5,9-10H,6,11H2,1H3/t9-,10-/m0/s1. The van der Waals surface area contributed by atoms with Gasteiger partial charge in [0.05, 0.1) is 6.10 Å². The second-order valence-electron chi connectivity index (χ2n) is 3.20. The van der Waals surface area contributed by atoms with Crippen molar-refractivity contribution in [1.82, 2.24) is 0 Å². The monoisotopic (exact) mass is 163 g/mol. The number of fused-ring (bicyclic) bond motifs is 1. The Bertz CT molecular complexity index is 285. The molecule has 0 saturated carbocycles. The van der Waals surface area contributed by atoms with Gasteiger partial charge >= 0.3 is 0 Å². The molecule has 2 atom stereocenters. The molecule has 0 aliphatic heterocycles. The van der Waals surface area contributed by atoms with E-state index in [1.807, 2.05) is 12.1 Å². The zero-order valence-electron chi connectivity index (χ0n) is 7.16. The fraction of sp³-hybridized carbons (Fsp3) is 0.400. The minimum atomic E-state index is 0.158. The molecule has 0 spiro atoms. The number of benzene rings is 1. The second-order valence-corrected chi connectivity index (χ2v) is 3.20. The van der Waals surface area contributed by atoms with E-state index >= 15 is 0 Å². The molecule has 64 valence electrons. The molecule has 0 amide bonds. The Hall–Kier alpha value is -0.860. The fourth-order valence-corrected chi connectivity index (χ4v) is 1.85. The first kappa shape index (κ1) is 7.77. The van der Waals surface area contributed by atoms with Crippen LogP contribution in [-0.2, 0) is 4.74 Å². The van der Waals surface area contributed by atoms with Gasteiger partial charge in [-0.3, -0.25) is 0 Å². The Kier molecular flexibility index (Phi) is 1.87. The van der Waals surface area contributed by atoms with E-state index in [-0.39, 0.29) is 12.1 Å². The average Bonchev–Trinajstić information content (AvgIpc) is 2.44. The third-order valence-electron chi connectivity index (χ3n) is 2.49. The normalized spacial score (nSPS) is 27.2. The zero-order valence-corrected chi connectivity index (χ0v) is 7.16. The maximum Gasteiger partial charge on any atom is 0.0842 e. The lowest BCUT2D eigenvalue weighted by molar-refractivity contribution is 0.101. The summed E-state index contributed by atoms with van der Waals surface area (Å²) >= 11 is 0. The molecule has 0 aromatic heterocycles. The smallest absolute Gasteiger partial charge is 0.0842 e. The SMILES string of the molecule is CO[C@H]1C[C@H](N)c2ccccc21. The van der Waals surface area contributed by atoms with Gasteiger partial charge in [0.25, 0.3) is 0 Å². The Labute approximate surface area is 72.3 Å². The molecular weight excluding hydrogens is 150 g/mol. The van der Waals surface area contributed by atoms with E-state index in [2.05, 4.69) is 12.1 Å². The van der Waals surface area contributed by atoms with Crippen molar-refractivity contribution >= 4 is 0 Å². The van der Waals surface area contributed by atoms with Crippen LogP contribution in [0.25, 0.3) is 0 Å². The van der Waals surface area contributed by atoms with Gasteiger partial charge in [0.1, 0.15) is 0 Å². The first-order valence-corrected chi connectivity index (χ1v) is 4.20. The Balaban J connectivity index is 2.43. The second kappa shape index (κ2) is 2.88. The summed E-state index contributed by atoms with van der Waals surface area (Å²) in [5.41, 5.74) is 8.43. The van der Waals surface area contributed by atoms with Crippen molar-refractivity contribution in [3.63, 3.8) is 0 Å². The van der Waals surface area contributed by atoms with Crippen LogP contribution in [0.4, 0.5) is 0 Å². The maximum atomic E-state index is 5.93. The van der Waals surface area contributed by atoms with Crippen LogP contribution in [0, 0.1) is 0 Å². The van der Waals surface area contributed by atoms with Gasteiger partial charge in [-0.05, 0) is 17.5 Å². The van der Waals surface area contributed by atoms with Crippen LogP contribution >= 0.6 is 0 Å². The predicted molar refractivity (Wildman–Crippen MR) is 47.7 cm³/mol. The van der Waals surface area contributed by atoms with Crippen molar-refractivity contribution in [1.29, 1.82) is 0 Å². The van der Waals surface area contributed by atoms with Crippen molar-refractivity contribution < 1.29 is 4.74 Å². The number of ether oxygens (including phenoxy) is 1. The summed E-state index contributed by atoms with van der Waals surface area (Å²) in [7, 11) is 1.74. The quantitative estimate of drug-likeness (QED) is 0.684. The summed E-state index contributed by atoms with van der Waals surface area (Å²) in [4.78, 5) is 0. The molecule has 12 heavy (non-hydrogen) atoms. The molecule has 1 aliphatic rings. The molecule has 2 rings (SSSR count). The van der Waals surface area contributed by atoms with E-state index < -0.39 is 0 Å². The van der Waals surface area contributed by atoms with Gasteiger partial charge in [-0.2, -0.15) is 0 Å². The first-order chi connectivity index (χ1) is 5.83. The van der Waals surface area contributed by atoms with Gasteiger partial charge in [-0.15, -0.1) is 0 Å². The molecule has 1 aromatic carbocycles. The highest BCUT2D eigenvalue weighted by Crippen LogP contribution is 2.38. The van der Waals surface area contributed by atoms with Crippen molar-refractivity contribution in [3.05, 3.63) is 35.4 Å². The first-order valence-electron chi connectivity index (χ1n) is 4.20. The zero-order chi connectivity index (χ0) is 8.55. The molecule has 0 radical (unpaired) electrons. The van der Waals surface area contributed by atoms with Gasteiger partial charge in [-0.25, -0.2) is 0 Å². The van der Waals surface area contributed by atoms with Gasteiger partial charge in [0.2, 0.25) is 0 Å². The van der Waals surface area contributed by atoms with E-state index in [1.165, 1.54) is 11.1 Å². The number of nitrogens with two attached hydrogens (primary N) is 1. The van der Waals surface area contributed by atoms with Crippen LogP contribution in [-0.4, -0.2) is 7.11 Å². The van der Waals surface area contributed by atoms with Gasteiger partial charge < -0.3 is 10.5 Å².